The predicted octanol–water partition coefficient (Wildman–Crippen LogP) is 4.33. The average Bonchev–Trinajstić information content (AvgIpc) is 3.14. The summed E-state index contributed by atoms with van der Waals surface area (Å²) in [6.45, 7) is 0.607. The van der Waals surface area contributed by atoms with Crippen molar-refractivity contribution in [2.45, 2.75) is 11.7 Å². The van der Waals surface area contributed by atoms with Gasteiger partial charge in [-0.3, -0.25) is 4.79 Å². The van der Waals surface area contributed by atoms with Gasteiger partial charge in [0.25, 0.3) is 0 Å². The van der Waals surface area contributed by atoms with E-state index < -0.39 is 0 Å². The normalized spacial score (nSPS) is 10.5. The summed E-state index contributed by atoms with van der Waals surface area (Å²) in [5.41, 5.74) is 1.58. The maximum Gasteiger partial charge on any atom is 0.234 e. The number of rotatable bonds is 8. The fourth-order valence-electron chi connectivity index (χ4n) is 2.67. The van der Waals surface area contributed by atoms with Gasteiger partial charge in [-0.15, -0.1) is 0 Å². The van der Waals surface area contributed by atoms with E-state index in [0.29, 0.717) is 23.0 Å². The summed E-state index contributed by atoms with van der Waals surface area (Å²) in [6.07, 6.45) is 3.60. The van der Waals surface area contributed by atoms with Gasteiger partial charge in [0.1, 0.15) is 11.5 Å². The Bertz CT molecular complexity index is 961. The minimum atomic E-state index is -0.169. The second-order valence-electron chi connectivity index (χ2n) is 5.83. The topological polar surface area (TPSA) is 65.4 Å². The molecule has 1 heterocycles. The number of nitrogens with one attached hydrogen (secondary N) is 1. The van der Waals surface area contributed by atoms with Crippen molar-refractivity contribution in [2.75, 3.05) is 25.3 Å². The molecule has 6 nitrogen and oxygen atoms in total. The zero-order valence-electron chi connectivity index (χ0n) is 15.5. The van der Waals surface area contributed by atoms with E-state index in [0.717, 1.165) is 16.5 Å². The molecule has 28 heavy (non-hydrogen) atoms. The van der Waals surface area contributed by atoms with Gasteiger partial charge in [0.05, 0.1) is 32.2 Å². The Hall–Kier alpha value is -2.64. The third kappa shape index (κ3) is 4.99. The Morgan fingerprint density at radius 2 is 1.96 bits per heavy atom. The number of aromatic nitrogens is 2. The number of carbonyl (C=O) groups excluding carboxylic acids is 1. The third-order valence-corrected chi connectivity index (χ3v) is 5.22. The molecule has 8 heteroatoms. The summed E-state index contributed by atoms with van der Waals surface area (Å²) in [6, 6.07) is 12.9. The van der Waals surface area contributed by atoms with Gasteiger partial charge in [-0.05, 0) is 24.3 Å². The highest BCUT2D eigenvalue weighted by Gasteiger charge is 2.12. The molecule has 0 spiro atoms. The van der Waals surface area contributed by atoms with Gasteiger partial charge in [0, 0.05) is 23.0 Å². The Balaban J connectivity index is 1.64. The Kier molecular flexibility index (Phi) is 6.84. The standard InChI is InChI=1S/C20H20ClN3O3S/c1-26-17-6-4-3-5-14(17)12-24-10-9-22-20(24)28-13-19(25)23-16-11-15(21)7-8-18(16)27-2/h3-11H,12-13H2,1-2H3,(H,23,25). The molecule has 0 radical (unpaired) electrons. The van der Waals surface area contributed by atoms with Gasteiger partial charge in [-0.1, -0.05) is 41.6 Å². The number of benzene rings is 2. The average molecular weight is 418 g/mol. The van der Waals surface area contributed by atoms with Crippen LogP contribution in [0.5, 0.6) is 11.5 Å². The van der Waals surface area contributed by atoms with Gasteiger partial charge in [0.2, 0.25) is 5.91 Å². The number of imidazole rings is 1. The molecular formula is C20H20ClN3O3S. The second-order valence-corrected chi connectivity index (χ2v) is 7.21. The molecule has 3 aromatic rings. The van der Waals surface area contributed by atoms with Crippen LogP contribution in [0.25, 0.3) is 0 Å². The highest BCUT2D eigenvalue weighted by Crippen LogP contribution is 2.28. The first-order valence-electron chi connectivity index (χ1n) is 8.50. The Morgan fingerprint density at radius 3 is 2.75 bits per heavy atom. The molecule has 0 aliphatic heterocycles. The van der Waals surface area contributed by atoms with Crippen molar-refractivity contribution in [2.24, 2.45) is 0 Å². The van der Waals surface area contributed by atoms with Crippen molar-refractivity contribution in [1.82, 2.24) is 9.55 Å². The number of nitrogens with zero attached hydrogens (tertiary/aromatic N) is 2. The number of thioether (sulfide) groups is 1. The maximum atomic E-state index is 12.4. The number of hydrogen-bond donors (Lipinski definition) is 1. The summed E-state index contributed by atoms with van der Waals surface area (Å²) in [5, 5.41) is 4.10. The summed E-state index contributed by atoms with van der Waals surface area (Å²) < 4.78 is 12.6. The second kappa shape index (κ2) is 9.52. The molecular weight excluding hydrogens is 398 g/mol. The van der Waals surface area contributed by atoms with Crippen molar-refractivity contribution in [3.63, 3.8) is 0 Å². The number of anilines is 1. The lowest BCUT2D eigenvalue weighted by molar-refractivity contribution is -0.113. The van der Waals surface area contributed by atoms with Crippen LogP contribution in [0.4, 0.5) is 5.69 Å². The van der Waals surface area contributed by atoms with Crippen molar-refractivity contribution in [3.05, 3.63) is 65.4 Å². The molecule has 0 fully saturated rings. The number of carbonyl (C=O) groups is 1. The number of hydrogen-bond acceptors (Lipinski definition) is 5. The fourth-order valence-corrected chi connectivity index (χ4v) is 3.60. The van der Waals surface area contributed by atoms with Crippen LogP contribution in [0.1, 0.15) is 5.56 Å². The van der Waals surface area contributed by atoms with E-state index in [1.807, 2.05) is 35.0 Å². The van der Waals surface area contributed by atoms with Crippen molar-refractivity contribution < 1.29 is 14.3 Å². The molecule has 0 unspecified atom stereocenters. The monoisotopic (exact) mass is 417 g/mol. The van der Waals surface area contributed by atoms with E-state index in [-0.39, 0.29) is 11.7 Å². The van der Waals surface area contributed by atoms with E-state index in [2.05, 4.69) is 10.3 Å². The summed E-state index contributed by atoms with van der Waals surface area (Å²) in [4.78, 5) is 16.7. The van der Waals surface area contributed by atoms with Crippen molar-refractivity contribution >= 4 is 35.0 Å². The highest BCUT2D eigenvalue weighted by atomic mass is 35.5. The number of amides is 1. The first-order chi connectivity index (χ1) is 13.6. The highest BCUT2D eigenvalue weighted by molar-refractivity contribution is 7.99. The smallest absolute Gasteiger partial charge is 0.234 e. The molecule has 1 amide bonds. The number of methoxy groups -OCH3 is 2. The van der Waals surface area contributed by atoms with Gasteiger partial charge < -0.3 is 19.4 Å². The van der Waals surface area contributed by atoms with Crippen LogP contribution in [-0.4, -0.2) is 35.4 Å². The number of ether oxygens (including phenoxy) is 2. The summed E-state index contributed by atoms with van der Waals surface area (Å²) >= 11 is 7.36. The van der Waals surface area contributed by atoms with Gasteiger partial charge in [-0.2, -0.15) is 0 Å². The van der Waals surface area contributed by atoms with E-state index >= 15 is 0 Å². The zero-order valence-corrected chi connectivity index (χ0v) is 17.1. The number of halogens is 1. The zero-order chi connectivity index (χ0) is 19.9. The molecule has 1 aromatic heterocycles. The lowest BCUT2D eigenvalue weighted by atomic mass is 10.2. The van der Waals surface area contributed by atoms with Gasteiger partial charge in [0.15, 0.2) is 5.16 Å². The number of para-hydroxylation sites is 1. The quantitative estimate of drug-likeness (QED) is 0.552. The molecule has 0 saturated carbocycles. The lowest BCUT2D eigenvalue weighted by Gasteiger charge is -2.12. The van der Waals surface area contributed by atoms with Gasteiger partial charge >= 0.3 is 0 Å². The molecule has 0 aliphatic carbocycles. The van der Waals surface area contributed by atoms with Crippen LogP contribution in [0.2, 0.25) is 5.02 Å². The van der Waals surface area contributed by atoms with Gasteiger partial charge in [-0.25, -0.2) is 4.98 Å². The Labute approximate surface area is 172 Å². The van der Waals surface area contributed by atoms with E-state index in [9.17, 15) is 4.79 Å². The molecule has 146 valence electrons. The molecule has 0 bridgehead atoms. The summed E-state index contributed by atoms with van der Waals surface area (Å²) in [7, 11) is 3.19. The van der Waals surface area contributed by atoms with Crippen LogP contribution >= 0.6 is 23.4 Å². The van der Waals surface area contributed by atoms with Crippen LogP contribution in [-0.2, 0) is 11.3 Å². The first kappa shape index (κ1) is 20.1. The largest absolute Gasteiger partial charge is 0.496 e. The van der Waals surface area contributed by atoms with E-state index in [1.165, 1.54) is 11.8 Å². The lowest BCUT2D eigenvalue weighted by Crippen LogP contribution is -2.15. The van der Waals surface area contributed by atoms with Crippen molar-refractivity contribution in [3.8, 4) is 11.5 Å². The molecule has 2 aromatic carbocycles. The third-order valence-electron chi connectivity index (χ3n) is 3.98. The minimum Gasteiger partial charge on any atom is -0.496 e. The van der Waals surface area contributed by atoms with E-state index in [1.54, 1.807) is 38.6 Å². The van der Waals surface area contributed by atoms with Crippen LogP contribution in [0, 0.1) is 0 Å². The maximum absolute atomic E-state index is 12.4. The van der Waals surface area contributed by atoms with Crippen LogP contribution in [0.3, 0.4) is 0 Å². The predicted molar refractivity (Wildman–Crippen MR) is 112 cm³/mol. The molecule has 0 saturated heterocycles. The van der Waals surface area contributed by atoms with Crippen LogP contribution < -0.4 is 14.8 Å². The fraction of sp³-hybridized carbons (Fsp3) is 0.200. The summed E-state index contributed by atoms with van der Waals surface area (Å²) in [5.74, 6) is 1.41. The van der Waals surface area contributed by atoms with Crippen LogP contribution in [0.15, 0.2) is 60.0 Å². The molecule has 0 atom stereocenters. The molecule has 3 rings (SSSR count). The molecule has 1 N–H and O–H groups in total. The minimum absolute atomic E-state index is 0.169. The SMILES string of the molecule is COc1ccccc1Cn1ccnc1SCC(=O)Nc1cc(Cl)ccc1OC. The first-order valence-corrected chi connectivity index (χ1v) is 9.86. The van der Waals surface area contributed by atoms with Crippen molar-refractivity contribution in [1.29, 1.82) is 0 Å². The Morgan fingerprint density at radius 1 is 1.18 bits per heavy atom. The van der Waals surface area contributed by atoms with E-state index in [4.69, 9.17) is 21.1 Å². The molecule has 0 aliphatic rings.